The number of carbonyl (C=O) groups excluding carboxylic acids is 4. The third-order valence-electron chi connectivity index (χ3n) is 7.00. The highest BCUT2D eigenvalue weighted by Crippen LogP contribution is 2.31. The molecule has 2 saturated carbocycles. The molecule has 0 radical (unpaired) electrons. The number of benzene rings is 2. The van der Waals surface area contributed by atoms with Crippen LogP contribution in [-0.2, 0) is 19.2 Å². The normalized spacial score (nSPS) is 15.2. The predicted molar refractivity (Wildman–Crippen MR) is 159 cm³/mol. The topological polar surface area (TPSA) is 141 Å². The first-order chi connectivity index (χ1) is 19.8. The number of rotatable bonds is 14. The second-order valence-corrected chi connectivity index (χ2v) is 10.7. The number of nitrogens with zero attached hydrogens (tertiary/aromatic N) is 2. The summed E-state index contributed by atoms with van der Waals surface area (Å²) >= 11 is 0. The second-order valence-electron chi connectivity index (χ2n) is 10.7. The van der Waals surface area contributed by atoms with Crippen LogP contribution in [0.2, 0.25) is 0 Å². The van der Waals surface area contributed by atoms with E-state index in [1.165, 1.54) is 0 Å². The van der Waals surface area contributed by atoms with Crippen molar-refractivity contribution in [2.45, 2.75) is 71.6 Å². The van der Waals surface area contributed by atoms with E-state index in [-0.39, 0.29) is 35.5 Å². The molecule has 4 amide bonds. The average Bonchev–Trinajstić information content (AvgIpc) is 3.88. The molecular formula is C31H38N6O4. The number of anilines is 2. The van der Waals surface area contributed by atoms with Gasteiger partial charge in [0, 0.05) is 36.1 Å². The van der Waals surface area contributed by atoms with Crippen molar-refractivity contribution in [3.8, 4) is 0 Å². The van der Waals surface area contributed by atoms with E-state index in [9.17, 15) is 19.2 Å². The first-order valence-electron chi connectivity index (χ1n) is 14.3. The van der Waals surface area contributed by atoms with Crippen LogP contribution in [0, 0.1) is 11.8 Å². The van der Waals surface area contributed by atoms with Crippen molar-refractivity contribution < 1.29 is 19.2 Å². The highest BCUT2D eigenvalue weighted by Gasteiger charge is 2.30. The van der Waals surface area contributed by atoms with Crippen molar-refractivity contribution in [1.29, 1.82) is 0 Å². The lowest BCUT2D eigenvalue weighted by atomic mass is 10.1. The predicted octanol–water partition coefficient (Wildman–Crippen LogP) is 4.71. The summed E-state index contributed by atoms with van der Waals surface area (Å²) in [5.74, 6) is -0.0420. The first-order valence-corrected chi connectivity index (χ1v) is 14.3. The summed E-state index contributed by atoms with van der Waals surface area (Å²) in [5, 5.41) is 14.2. The van der Waals surface area contributed by atoms with Gasteiger partial charge in [-0.25, -0.2) is 10.9 Å². The Morgan fingerprint density at radius 1 is 0.659 bits per heavy atom. The van der Waals surface area contributed by atoms with E-state index >= 15 is 0 Å². The molecule has 216 valence electrons. The molecule has 4 rings (SSSR count). The Morgan fingerprint density at radius 3 is 1.46 bits per heavy atom. The lowest BCUT2D eigenvalue weighted by Gasteiger charge is -2.08. The third kappa shape index (κ3) is 9.97. The quantitative estimate of drug-likeness (QED) is 0.151. The summed E-state index contributed by atoms with van der Waals surface area (Å²) in [6.45, 7) is 3.60. The van der Waals surface area contributed by atoms with Crippen LogP contribution in [0.1, 0.15) is 82.8 Å². The van der Waals surface area contributed by atoms with Gasteiger partial charge in [-0.1, -0.05) is 30.7 Å². The number of carbonyl (C=O) groups is 4. The summed E-state index contributed by atoms with van der Waals surface area (Å²) in [6, 6.07) is 14.8. The lowest BCUT2D eigenvalue weighted by molar-refractivity contribution is -0.121. The number of unbranched alkanes of at least 4 members (excludes halogenated alkanes) is 2. The van der Waals surface area contributed by atoms with E-state index in [1.807, 2.05) is 48.5 Å². The third-order valence-corrected chi connectivity index (χ3v) is 7.00. The highest BCUT2D eigenvalue weighted by molar-refractivity contribution is 6.02. The molecule has 0 atom stereocenters. The maximum absolute atomic E-state index is 12.2. The van der Waals surface area contributed by atoms with E-state index in [4.69, 9.17) is 0 Å². The fraction of sp³-hybridized carbons (Fsp3) is 0.419. The second kappa shape index (κ2) is 14.3. The largest absolute Gasteiger partial charge is 0.326 e. The molecule has 0 spiro atoms. The Morgan fingerprint density at radius 2 is 1.07 bits per heavy atom. The average molecular weight is 559 g/mol. The van der Waals surface area contributed by atoms with E-state index < -0.39 is 0 Å². The van der Waals surface area contributed by atoms with Gasteiger partial charge in [-0.15, -0.1) is 0 Å². The molecule has 2 fully saturated rings. The van der Waals surface area contributed by atoms with Gasteiger partial charge in [0.25, 0.3) is 0 Å². The smallest absolute Gasteiger partial charge is 0.240 e. The van der Waals surface area contributed by atoms with E-state index in [0.29, 0.717) is 48.5 Å². The van der Waals surface area contributed by atoms with Gasteiger partial charge >= 0.3 is 0 Å². The van der Waals surface area contributed by atoms with Crippen LogP contribution in [0.4, 0.5) is 11.4 Å². The minimum absolute atomic E-state index is 0.0442. The van der Waals surface area contributed by atoms with Gasteiger partial charge in [0.15, 0.2) is 0 Å². The number of hydrazone groups is 2. The molecule has 2 aromatic rings. The molecule has 2 aliphatic rings. The van der Waals surface area contributed by atoms with Crippen molar-refractivity contribution >= 4 is 46.4 Å². The zero-order chi connectivity index (χ0) is 29.2. The van der Waals surface area contributed by atoms with E-state index in [0.717, 1.165) is 43.2 Å². The van der Waals surface area contributed by atoms with Crippen LogP contribution >= 0.6 is 0 Å². The summed E-state index contributed by atoms with van der Waals surface area (Å²) in [5.41, 5.74) is 9.51. The molecule has 0 heterocycles. The Kier molecular flexibility index (Phi) is 10.4. The van der Waals surface area contributed by atoms with Crippen LogP contribution in [0.3, 0.4) is 0 Å². The standard InChI is InChI=1S/C31H38N6O4/c1-20(24-8-6-10-26(18-24)32-30(40)22-14-15-22)34-36-28(38)12-4-3-5-13-29(39)37-35-21(2)25-9-7-11-27(19-25)33-31(41)23-16-17-23/h6-11,18-19,22-23H,3-5,12-17H2,1-2H3,(H,32,40)(H,33,41)(H,36,38)(H,37,39). The van der Waals surface area contributed by atoms with Crippen molar-refractivity contribution in [2.24, 2.45) is 22.0 Å². The van der Waals surface area contributed by atoms with Gasteiger partial charge in [-0.05, 0) is 87.8 Å². The van der Waals surface area contributed by atoms with Gasteiger partial charge < -0.3 is 10.6 Å². The Hall–Kier alpha value is -4.34. The minimum Gasteiger partial charge on any atom is -0.326 e. The molecule has 0 unspecified atom stereocenters. The maximum atomic E-state index is 12.2. The van der Waals surface area contributed by atoms with Gasteiger partial charge in [0.1, 0.15) is 0 Å². The molecule has 0 saturated heterocycles. The van der Waals surface area contributed by atoms with Gasteiger partial charge in [0.2, 0.25) is 23.6 Å². The van der Waals surface area contributed by atoms with Crippen LogP contribution < -0.4 is 21.5 Å². The van der Waals surface area contributed by atoms with Crippen LogP contribution in [-0.4, -0.2) is 35.1 Å². The number of nitrogens with one attached hydrogen (secondary N) is 4. The SMILES string of the molecule is CC(=NNC(=O)CCCCCC(=O)NN=C(C)c1cccc(NC(=O)C2CC2)c1)c1cccc(NC(=O)C2CC2)c1. The summed E-state index contributed by atoms with van der Waals surface area (Å²) in [4.78, 5) is 48.4. The van der Waals surface area contributed by atoms with Crippen LogP contribution in [0.25, 0.3) is 0 Å². The van der Waals surface area contributed by atoms with Gasteiger partial charge in [-0.2, -0.15) is 10.2 Å². The zero-order valence-electron chi connectivity index (χ0n) is 23.7. The monoisotopic (exact) mass is 558 g/mol. The van der Waals surface area contributed by atoms with Crippen LogP contribution in [0.5, 0.6) is 0 Å². The lowest BCUT2D eigenvalue weighted by Crippen LogP contribution is -2.20. The number of hydrogen-bond acceptors (Lipinski definition) is 6. The van der Waals surface area contributed by atoms with Crippen molar-refractivity contribution in [1.82, 2.24) is 10.9 Å². The minimum atomic E-state index is -0.192. The fourth-order valence-corrected chi connectivity index (χ4v) is 4.10. The molecule has 2 aromatic carbocycles. The number of amides is 4. The Balaban J connectivity index is 1.11. The molecule has 4 N–H and O–H groups in total. The molecular weight excluding hydrogens is 520 g/mol. The molecule has 0 bridgehead atoms. The summed E-state index contributed by atoms with van der Waals surface area (Å²) in [6.07, 6.45) is 6.38. The van der Waals surface area contributed by atoms with Crippen molar-refractivity contribution in [3.63, 3.8) is 0 Å². The summed E-state index contributed by atoms with van der Waals surface area (Å²) < 4.78 is 0. The molecule has 41 heavy (non-hydrogen) atoms. The maximum Gasteiger partial charge on any atom is 0.240 e. The molecule has 0 aliphatic heterocycles. The zero-order valence-corrected chi connectivity index (χ0v) is 23.7. The first kappa shape index (κ1) is 29.6. The fourth-order valence-electron chi connectivity index (χ4n) is 4.10. The van der Waals surface area contributed by atoms with Crippen molar-refractivity contribution in [2.75, 3.05) is 10.6 Å². The Labute approximate surface area is 240 Å². The van der Waals surface area contributed by atoms with Gasteiger partial charge in [-0.3, -0.25) is 19.2 Å². The Bertz CT molecular complexity index is 1240. The van der Waals surface area contributed by atoms with E-state index in [1.54, 1.807) is 13.8 Å². The summed E-state index contributed by atoms with van der Waals surface area (Å²) in [7, 11) is 0. The van der Waals surface area contributed by atoms with Crippen LogP contribution in [0.15, 0.2) is 58.7 Å². The van der Waals surface area contributed by atoms with E-state index in [2.05, 4.69) is 31.7 Å². The molecule has 10 heteroatoms. The van der Waals surface area contributed by atoms with Crippen molar-refractivity contribution in [3.05, 3.63) is 59.7 Å². The molecule has 2 aliphatic carbocycles. The number of hydrogen-bond donors (Lipinski definition) is 4. The van der Waals surface area contributed by atoms with Gasteiger partial charge in [0.05, 0.1) is 11.4 Å². The highest BCUT2D eigenvalue weighted by atomic mass is 16.2. The molecule has 0 aromatic heterocycles. The molecule has 10 nitrogen and oxygen atoms in total.